The molecule has 0 saturated heterocycles. The Kier molecular flexibility index (Phi) is 6.94. The molecule has 0 aliphatic heterocycles. The largest absolute Gasteiger partial charge is 0.485 e. The number of ether oxygens (including phenoxy) is 3. The predicted molar refractivity (Wildman–Crippen MR) is 107 cm³/mol. The molecular weight excluding hydrogens is 376 g/mol. The van der Waals surface area contributed by atoms with Crippen LogP contribution in [0.25, 0.3) is 0 Å². The third-order valence-corrected chi connectivity index (χ3v) is 4.88. The summed E-state index contributed by atoms with van der Waals surface area (Å²) in [5, 5.41) is 9.65. The smallest absolute Gasteiger partial charge is 0.336 e. The number of benzene rings is 3. The van der Waals surface area contributed by atoms with Gasteiger partial charge in [0.25, 0.3) is 0 Å². The number of aromatic carboxylic acids is 1. The SMILES string of the molecule is COCOc1cc(C(=O)O)c(Sc2ccccc2)cc1OCc1ccccc1. The highest BCUT2D eigenvalue weighted by Gasteiger charge is 2.18. The van der Waals surface area contributed by atoms with Crippen molar-refractivity contribution in [2.45, 2.75) is 16.4 Å². The molecule has 0 aromatic heterocycles. The van der Waals surface area contributed by atoms with E-state index >= 15 is 0 Å². The Hall–Kier alpha value is -2.96. The van der Waals surface area contributed by atoms with Gasteiger partial charge in [0, 0.05) is 16.9 Å². The van der Waals surface area contributed by atoms with Gasteiger partial charge in [-0.2, -0.15) is 0 Å². The molecule has 5 nitrogen and oxygen atoms in total. The molecule has 0 amide bonds. The first-order chi connectivity index (χ1) is 13.7. The molecule has 0 heterocycles. The predicted octanol–water partition coefficient (Wildman–Crippen LogP) is 5.10. The van der Waals surface area contributed by atoms with Gasteiger partial charge in [-0.25, -0.2) is 4.79 Å². The second kappa shape index (κ2) is 9.82. The molecule has 0 spiro atoms. The van der Waals surface area contributed by atoms with Gasteiger partial charge in [0.1, 0.15) is 6.61 Å². The maximum absolute atomic E-state index is 11.8. The summed E-state index contributed by atoms with van der Waals surface area (Å²) in [5.74, 6) is -0.243. The van der Waals surface area contributed by atoms with E-state index in [0.29, 0.717) is 23.0 Å². The molecule has 0 aliphatic carbocycles. The minimum Gasteiger partial charge on any atom is -0.485 e. The summed E-state index contributed by atoms with van der Waals surface area (Å²) in [4.78, 5) is 13.3. The van der Waals surface area contributed by atoms with E-state index in [2.05, 4.69) is 0 Å². The van der Waals surface area contributed by atoms with Gasteiger partial charge in [-0.15, -0.1) is 0 Å². The van der Waals surface area contributed by atoms with Crippen LogP contribution in [0.4, 0.5) is 0 Å². The summed E-state index contributed by atoms with van der Waals surface area (Å²) in [6.45, 7) is 0.331. The molecule has 0 saturated carbocycles. The van der Waals surface area contributed by atoms with E-state index < -0.39 is 5.97 Å². The van der Waals surface area contributed by atoms with E-state index in [1.807, 2.05) is 60.7 Å². The van der Waals surface area contributed by atoms with Gasteiger partial charge in [0.2, 0.25) is 0 Å². The molecule has 0 unspecified atom stereocenters. The van der Waals surface area contributed by atoms with Crippen molar-refractivity contribution in [3.8, 4) is 11.5 Å². The fraction of sp³-hybridized carbons (Fsp3) is 0.136. The molecule has 28 heavy (non-hydrogen) atoms. The zero-order chi connectivity index (χ0) is 19.8. The Morgan fingerprint density at radius 1 is 0.929 bits per heavy atom. The molecular formula is C22H20O5S. The highest BCUT2D eigenvalue weighted by molar-refractivity contribution is 7.99. The fourth-order valence-electron chi connectivity index (χ4n) is 2.49. The highest BCUT2D eigenvalue weighted by atomic mass is 32.2. The molecule has 6 heteroatoms. The Bertz CT molecular complexity index is 913. The van der Waals surface area contributed by atoms with Crippen LogP contribution in [0.1, 0.15) is 15.9 Å². The van der Waals surface area contributed by atoms with Crippen LogP contribution in [0.3, 0.4) is 0 Å². The lowest BCUT2D eigenvalue weighted by molar-refractivity contribution is 0.0479. The Morgan fingerprint density at radius 2 is 1.57 bits per heavy atom. The molecule has 3 rings (SSSR count). The first-order valence-corrected chi connectivity index (χ1v) is 9.41. The molecule has 3 aromatic carbocycles. The van der Waals surface area contributed by atoms with E-state index in [1.54, 1.807) is 6.07 Å². The molecule has 1 N–H and O–H groups in total. The van der Waals surface area contributed by atoms with E-state index in [0.717, 1.165) is 10.5 Å². The normalized spacial score (nSPS) is 10.5. The number of carbonyl (C=O) groups is 1. The van der Waals surface area contributed by atoms with Gasteiger partial charge < -0.3 is 19.3 Å². The van der Waals surface area contributed by atoms with Gasteiger partial charge in [-0.3, -0.25) is 0 Å². The van der Waals surface area contributed by atoms with Gasteiger partial charge >= 0.3 is 5.97 Å². The van der Waals surface area contributed by atoms with Crippen molar-refractivity contribution < 1.29 is 24.1 Å². The van der Waals surface area contributed by atoms with E-state index in [-0.39, 0.29) is 12.4 Å². The summed E-state index contributed by atoms with van der Waals surface area (Å²) in [6, 6.07) is 22.5. The number of carboxylic acid groups (broad SMARTS) is 1. The summed E-state index contributed by atoms with van der Waals surface area (Å²) < 4.78 is 16.5. The van der Waals surface area contributed by atoms with E-state index in [9.17, 15) is 9.90 Å². The van der Waals surface area contributed by atoms with Gasteiger partial charge in [-0.05, 0) is 29.8 Å². The number of hydrogen-bond acceptors (Lipinski definition) is 5. The van der Waals surface area contributed by atoms with Crippen LogP contribution in [-0.4, -0.2) is 25.0 Å². The van der Waals surface area contributed by atoms with Crippen molar-refractivity contribution in [3.05, 3.63) is 83.9 Å². The van der Waals surface area contributed by atoms with Crippen molar-refractivity contribution >= 4 is 17.7 Å². The first kappa shape index (κ1) is 19.8. The van der Waals surface area contributed by atoms with Crippen LogP contribution >= 0.6 is 11.8 Å². The van der Waals surface area contributed by atoms with Crippen LogP contribution in [0.5, 0.6) is 11.5 Å². The number of rotatable bonds is 9. The minimum atomic E-state index is -1.03. The zero-order valence-corrected chi connectivity index (χ0v) is 16.1. The Labute approximate surface area is 167 Å². The molecule has 144 valence electrons. The molecule has 0 aliphatic rings. The third kappa shape index (κ3) is 5.28. The fourth-order valence-corrected chi connectivity index (χ4v) is 3.46. The quantitative estimate of drug-likeness (QED) is 0.508. The second-order valence-electron chi connectivity index (χ2n) is 5.84. The van der Waals surface area contributed by atoms with Crippen LogP contribution in [-0.2, 0) is 11.3 Å². The van der Waals surface area contributed by atoms with Crippen molar-refractivity contribution in [2.75, 3.05) is 13.9 Å². The molecule has 3 aromatic rings. The van der Waals surface area contributed by atoms with Crippen LogP contribution < -0.4 is 9.47 Å². The lowest BCUT2D eigenvalue weighted by Gasteiger charge is -2.16. The average molecular weight is 396 g/mol. The third-order valence-electron chi connectivity index (χ3n) is 3.82. The number of hydrogen-bond donors (Lipinski definition) is 1. The second-order valence-corrected chi connectivity index (χ2v) is 6.96. The van der Waals surface area contributed by atoms with Gasteiger partial charge in [-0.1, -0.05) is 60.3 Å². The maximum atomic E-state index is 11.8. The summed E-state index contributed by atoms with van der Waals surface area (Å²) in [6.07, 6.45) is 0. The number of methoxy groups -OCH3 is 1. The standard InChI is InChI=1S/C22H20O5S/c1-25-15-27-19-12-18(22(23)24)21(28-17-10-6-3-7-11-17)13-20(19)26-14-16-8-4-2-5-9-16/h2-13H,14-15H2,1H3,(H,23,24). The zero-order valence-electron chi connectivity index (χ0n) is 15.3. The Balaban J connectivity index is 1.94. The molecule has 0 radical (unpaired) electrons. The van der Waals surface area contributed by atoms with Crippen molar-refractivity contribution in [1.82, 2.24) is 0 Å². The summed E-state index contributed by atoms with van der Waals surface area (Å²) in [7, 11) is 1.50. The maximum Gasteiger partial charge on any atom is 0.336 e. The number of carboxylic acids is 1. The lowest BCUT2D eigenvalue weighted by Crippen LogP contribution is -2.06. The monoisotopic (exact) mass is 396 g/mol. The highest BCUT2D eigenvalue weighted by Crippen LogP contribution is 2.39. The van der Waals surface area contributed by atoms with Crippen molar-refractivity contribution in [3.63, 3.8) is 0 Å². The van der Waals surface area contributed by atoms with Crippen molar-refractivity contribution in [1.29, 1.82) is 0 Å². The minimum absolute atomic E-state index is 0.00801. The van der Waals surface area contributed by atoms with Crippen LogP contribution in [0.15, 0.2) is 82.6 Å². The van der Waals surface area contributed by atoms with E-state index in [4.69, 9.17) is 14.2 Å². The molecule has 0 atom stereocenters. The first-order valence-electron chi connectivity index (χ1n) is 8.60. The topological polar surface area (TPSA) is 65.0 Å². The Morgan fingerprint density at radius 3 is 2.21 bits per heavy atom. The average Bonchev–Trinajstić information content (AvgIpc) is 2.72. The van der Waals surface area contributed by atoms with E-state index in [1.165, 1.54) is 24.9 Å². The van der Waals surface area contributed by atoms with Crippen LogP contribution in [0, 0.1) is 0 Å². The van der Waals surface area contributed by atoms with Gasteiger partial charge in [0.15, 0.2) is 18.3 Å². The molecule has 0 bridgehead atoms. The summed E-state index contributed by atoms with van der Waals surface area (Å²) in [5.41, 5.74) is 1.15. The summed E-state index contributed by atoms with van der Waals surface area (Å²) >= 11 is 1.36. The van der Waals surface area contributed by atoms with Crippen molar-refractivity contribution in [2.24, 2.45) is 0 Å². The lowest BCUT2D eigenvalue weighted by atomic mass is 10.2. The molecule has 0 fully saturated rings. The van der Waals surface area contributed by atoms with Gasteiger partial charge in [0.05, 0.1) is 5.56 Å². The van der Waals surface area contributed by atoms with Crippen LogP contribution in [0.2, 0.25) is 0 Å².